The maximum absolute atomic E-state index is 14.6. The van der Waals surface area contributed by atoms with Gasteiger partial charge in [0, 0.05) is 32.2 Å². The monoisotopic (exact) mass is 632 g/mol. The molecule has 16 heteroatoms. The average Bonchev–Trinajstić information content (AvgIpc) is 3.53. The molecule has 240 valence electrons. The van der Waals surface area contributed by atoms with E-state index in [0.29, 0.717) is 0 Å². The van der Waals surface area contributed by atoms with E-state index < -0.39 is 96.5 Å². The molecule has 1 aliphatic heterocycles. The number of halogens is 7. The van der Waals surface area contributed by atoms with E-state index in [1.807, 2.05) is 0 Å². The summed E-state index contributed by atoms with van der Waals surface area (Å²) < 4.78 is 99.5. The third-order valence-corrected chi connectivity index (χ3v) is 10.4. The van der Waals surface area contributed by atoms with Crippen LogP contribution in [0.4, 0.5) is 30.7 Å². The van der Waals surface area contributed by atoms with Gasteiger partial charge in [0.15, 0.2) is 11.3 Å². The number of aliphatic hydroxyl groups is 1. The number of carbonyl (C=O) groups excluding carboxylic acids is 2. The van der Waals surface area contributed by atoms with Crippen LogP contribution in [0, 0.1) is 11.3 Å². The zero-order valence-corrected chi connectivity index (χ0v) is 23.5. The van der Waals surface area contributed by atoms with Crippen molar-refractivity contribution in [3.63, 3.8) is 0 Å². The van der Waals surface area contributed by atoms with E-state index >= 15 is 0 Å². The first-order chi connectivity index (χ1) is 20.4. The molecule has 2 aromatic heterocycles. The standard InChI is InChI=1S/C28H31F7N6O3/c29-24-12-23(13-24,14-24)21(43)40-8-7-26(44,28(33,34)35)9-18(40)16-10-36-41-11-17(38-22(41)37-16)19(39-20(42)25(30)5-6-25)15-1-3-27(31,32)4-2-15/h10-11,15,18-19,44H,1-9,12-14H2,(H,39,42)/t18-,19+,23?,24?,26+/m1/s1. The Balaban J connectivity index is 1.20. The molecule has 0 aromatic carbocycles. The first-order valence-electron chi connectivity index (χ1n) is 14.8. The lowest BCUT2D eigenvalue weighted by molar-refractivity contribution is -0.280. The van der Waals surface area contributed by atoms with Gasteiger partial charge in [0.25, 0.3) is 11.7 Å². The Hall–Kier alpha value is -3.04. The number of carbonyl (C=O) groups is 2. The molecular weight excluding hydrogens is 601 g/mol. The Morgan fingerprint density at radius 1 is 1.00 bits per heavy atom. The van der Waals surface area contributed by atoms with Gasteiger partial charge in [-0.3, -0.25) is 9.59 Å². The van der Waals surface area contributed by atoms with Gasteiger partial charge in [-0.1, -0.05) is 0 Å². The van der Waals surface area contributed by atoms with Crippen molar-refractivity contribution >= 4 is 17.6 Å². The van der Waals surface area contributed by atoms with Crippen LogP contribution in [0.3, 0.4) is 0 Å². The highest BCUT2D eigenvalue weighted by atomic mass is 19.4. The summed E-state index contributed by atoms with van der Waals surface area (Å²) in [5, 5.41) is 17.4. The number of aromatic nitrogens is 4. The number of piperidine rings is 1. The number of alkyl halides is 7. The molecule has 9 nitrogen and oxygen atoms in total. The molecule has 0 spiro atoms. The zero-order chi connectivity index (χ0) is 31.5. The van der Waals surface area contributed by atoms with Crippen LogP contribution in [0.2, 0.25) is 0 Å². The summed E-state index contributed by atoms with van der Waals surface area (Å²) in [5.41, 5.74) is -7.44. The summed E-state index contributed by atoms with van der Waals surface area (Å²) in [4.78, 5) is 36.2. The van der Waals surface area contributed by atoms with Gasteiger partial charge in [-0.2, -0.15) is 18.3 Å². The van der Waals surface area contributed by atoms with Crippen molar-refractivity contribution in [1.29, 1.82) is 0 Å². The lowest BCUT2D eigenvalue weighted by Crippen LogP contribution is -2.71. The molecule has 0 unspecified atom stereocenters. The molecule has 3 heterocycles. The van der Waals surface area contributed by atoms with E-state index in [1.54, 1.807) is 0 Å². The summed E-state index contributed by atoms with van der Waals surface area (Å²) in [7, 11) is 0. The molecule has 2 N–H and O–H groups in total. The van der Waals surface area contributed by atoms with Crippen molar-refractivity contribution in [3.05, 3.63) is 23.8 Å². The second-order valence-electron chi connectivity index (χ2n) is 13.7. The molecular formula is C28H31F7N6O3. The second-order valence-corrected chi connectivity index (χ2v) is 13.7. The molecule has 1 saturated heterocycles. The maximum atomic E-state index is 14.6. The number of amides is 2. The number of imidazole rings is 1. The summed E-state index contributed by atoms with van der Waals surface area (Å²) >= 11 is 0. The fraction of sp³-hybridized carbons (Fsp3) is 0.750. The van der Waals surface area contributed by atoms with Crippen molar-refractivity contribution in [2.45, 2.75) is 112 Å². The van der Waals surface area contributed by atoms with Crippen LogP contribution in [0.5, 0.6) is 0 Å². The van der Waals surface area contributed by atoms with Gasteiger partial charge in [0.2, 0.25) is 11.8 Å². The van der Waals surface area contributed by atoms with Crippen LogP contribution in [0.15, 0.2) is 12.4 Å². The molecule has 5 aliphatic carbocycles. The lowest BCUT2D eigenvalue weighted by Gasteiger charge is -2.65. The molecule has 6 aliphatic rings. The summed E-state index contributed by atoms with van der Waals surface area (Å²) in [6.45, 7) is -0.432. The normalized spacial score (nSPS) is 35.0. The van der Waals surface area contributed by atoms with Gasteiger partial charge in [-0.25, -0.2) is 32.0 Å². The van der Waals surface area contributed by atoms with Crippen LogP contribution < -0.4 is 5.32 Å². The number of nitrogens with zero attached hydrogens (tertiary/aromatic N) is 5. The number of rotatable bonds is 6. The number of hydrogen-bond acceptors (Lipinski definition) is 6. The highest BCUT2D eigenvalue weighted by Gasteiger charge is 2.74. The highest BCUT2D eigenvalue weighted by molar-refractivity contribution is 5.88. The number of nitrogens with one attached hydrogen (secondary N) is 1. The third kappa shape index (κ3) is 4.73. The van der Waals surface area contributed by atoms with Crippen LogP contribution in [0.25, 0.3) is 5.78 Å². The number of fused-ring (bicyclic) bond motifs is 1. The molecule has 5 saturated carbocycles. The van der Waals surface area contributed by atoms with Gasteiger partial charge in [0.1, 0.15) is 5.67 Å². The number of hydrogen-bond donors (Lipinski definition) is 2. The predicted molar refractivity (Wildman–Crippen MR) is 136 cm³/mol. The smallest absolute Gasteiger partial charge is 0.380 e. The van der Waals surface area contributed by atoms with E-state index in [1.165, 1.54) is 15.6 Å². The Bertz CT molecular complexity index is 1500. The van der Waals surface area contributed by atoms with E-state index in [2.05, 4.69) is 20.4 Å². The van der Waals surface area contributed by atoms with Crippen LogP contribution >= 0.6 is 0 Å². The molecule has 3 atom stereocenters. The minimum absolute atomic E-state index is 0.000295. The minimum atomic E-state index is -4.99. The topological polar surface area (TPSA) is 113 Å². The maximum Gasteiger partial charge on any atom is 0.417 e. The van der Waals surface area contributed by atoms with Gasteiger partial charge in [-0.15, -0.1) is 0 Å². The summed E-state index contributed by atoms with van der Waals surface area (Å²) in [5.74, 6) is -4.82. The Morgan fingerprint density at radius 3 is 2.25 bits per heavy atom. The first-order valence-corrected chi connectivity index (χ1v) is 14.8. The molecule has 2 aromatic rings. The van der Waals surface area contributed by atoms with Crippen molar-refractivity contribution < 1.29 is 45.4 Å². The molecule has 0 radical (unpaired) electrons. The number of likely N-dealkylation sites (tertiary alicyclic amines) is 1. The molecule has 44 heavy (non-hydrogen) atoms. The SMILES string of the molecule is O=C(N[C@H](c1cn2ncc([C@H]3C[C@](O)(C(F)(F)F)CCN3C(=O)C34CC(F)(C3)C4)nc2n1)C1CCC(F)(F)CC1)C1(F)CC1. The third-order valence-electron chi connectivity index (χ3n) is 10.4. The van der Waals surface area contributed by atoms with Gasteiger partial charge >= 0.3 is 6.18 Å². The van der Waals surface area contributed by atoms with Gasteiger partial charge in [0.05, 0.1) is 41.3 Å². The second kappa shape index (κ2) is 9.25. The fourth-order valence-corrected chi connectivity index (χ4v) is 7.51. The highest BCUT2D eigenvalue weighted by Crippen LogP contribution is 2.70. The van der Waals surface area contributed by atoms with E-state index in [-0.39, 0.29) is 62.1 Å². The largest absolute Gasteiger partial charge is 0.417 e. The predicted octanol–water partition coefficient (Wildman–Crippen LogP) is 4.46. The van der Waals surface area contributed by atoms with Crippen molar-refractivity contribution in [2.24, 2.45) is 11.3 Å². The van der Waals surface area contributed by atoms with Crippen LogP contribution in [-0.4, -0.2) is 77.0 Å². The Labute approximate surface area is 246 Å². The van der Waals surface area contributed by atoms with Crippen molar-refractivity contribution in [3.8, 4) is 0 Å². The Kier molecular flexibility index (Phi) is 6.24. The molecule has 6 fully saturated rings. The summed E-state index contributed by atoms with van der Waals surface area (Å²) in [6, 6.07) is -2.29. The minimum Gasteiger partial charge on any atom is -0.380 e. The Morgan fingerprint density at radius 2 is 1.66 bits per heavy atom. The van der Waals surface area contributed by atoms with Crippen LogP contribution in [-0.2, 0) is 9.59 Å². The van der Waals surface area contributed by atoms with Crippen molar-refractivity contribution in [2.75, 3.05) is 6.54 Å². The quantitative estimate of drug-likeness (QED) is 0.455. The molecule has 2 amide bonds. The first kappa shape index (κ1) is 29.7. The lowest BCUT2D eigenvalue weighted by atomic mass is 9.41. The van der Waals surface area contributed by atoms with E-state index in [0.717, 1.165) is 6.20 Å². The van der Waals surface area contributed by atoms with Crippen LogP contribution in [0.1, 0.15) is 94.1 Å². The van der Waals surface area contributed by atoms with E-state index in [4.69, 9.17) is 0 Å². The van der Waals surface area contributed by atoms with Crippen molar-refractivity contribution in [1.82, 2.24) is 29.8 Å². The zero-order valence-electron chi connectivity index (χ0n) is 23.5. The molecule has 2 bridgehead atoms. The molecule has 8 rings (SSSR count). The van der Waals surface area contributed by atoms with Gasteiger partial charge in [-0.05, 0) is 50.9 Å². The average molecular weight is 633 g/mol. The van der Waals surface area contributed by atoms with Gasteiger partial charge < -0.3 is 15.3 Å². The fourth-order valence-electron chi connectivity index (χ4n) is 7.51. The summed E-state index contributed by atoms with van der Waals surface area (Å²) in [6.07, 6.45) is -4.80. The van der Waals surface area contributed by atoms with E-state index in [9.17, 15) is 45.4 Å².